The maximum Gasteiger partial charge on any atom is 0.354 e. The highest BCUT2D eigenvalue weighted by Crippen LogP contribution is 2.23. The summed E-state index contributed by atoms with van der Waals surface area (Å²) in [4.78, 5) is 46.8. The second-order valence-corrected chi connectivity index (χ2v) is 5.40. The lowest BCUT2D eigenvalue weighted by Gasteiger charge is -2.34. The highest BCUT2D eigenvalue weighted by atomic mass is 19.1. The number of methoxy groups -OCH3 is 4. The van der Waals surface area contributed by atoms with Crippen molar-refractivity contribution < 1.29 is 42.5 Å². The van der Waals surface area contributed by atoms with Crippen molar-refractivity contribution in [3.8, 4) is 0 Å². The average molecular weight is 412 g/mol. The van der Waals surface area contributed by atoms with Gasteiger partial charge in [-0.3, -0.25) is 0 Å². The molecule has 1 aliphatic carbocycles. The quantitative estimate of drug-likeness (QED) is 0.239. The Morgan fingerprint density at radius 1 is 0.862 bits per heavy atom. The van der Waals surface area contributed by atoms with E-state index in [9.17, 15) is 19.2 Å². The van der Waals surface area contributed by atoms with Crippen molar-refractivity contribution in [3.63, 3.8) is 0 Å². The van der Waals surface area contributed by atoms with E-state index >= 15 is 4.39 Å². The van der Waals surface area contributed by atoms with Gasteiger partial charge in [0.1, 0.15) is 17.4 Å². The summed E-state index contributed by atoms with van der Waals surface area (Å²) in [6.45, 7) is 0. The highest BCUT2D eigenvalue weighted by Gasteiger charge is 2.40. The third kappa shape index (κ3) is 6.48. The van der Waals surface area contributed by atoms with Crippen molar-refractivity contribution in [1.82, 2.24) is 10.6 Å². The number of nitrogens with one attached hydrogen (secondary N) is 2. The predicted octanol–water partition coefficient (Wildman–Crippen LogP) is -0.214. The van der Waals surface area contributed by atoms with Gasteiger partial charge in [0.2, 0.25) is 5.79 Å². The molecular formula is C18H21FN2O8. The van der Waals surface area contributed by atoms with Gasteiger partial charge >= 0.3 is 23.9 Å². The van der Waals surface area contributed by atoms with Gasteiger partial charge in [0.25, 0.3) is 0 Å². The Balaban J connectivity index is 3.25. The third-order valence-electron chi connectivity index (χ3n) is 3.58. The van der Waals surface area contributed by atoms with Crippen molar-refractivity contribution in [3.05, 3.63) is 47.9 Å². The van der Waals surface area contributed by atoms with Gasteiger partial charge in [0, 0.05) is 0 Å². The van der Waals surface area contributed by atoms with Gasteiger partial charge in [-0.1, -0.05) is 18.2 Å². The van der Waals surface area contributed by atoms with Crippen LogP contribution in [0.2, 0.25) is 0 Å². The van der Waals surface area contributed by atoms with Gasteiger partial charge in [-0.05, 0) is 6.08 Å². The summed E-state index contributed by atoms with van der Waals surface area (Å²) in [5, 5.41) is 4.76. The van der Waals surface area contributed by atoms with Gasteiger partial charge in [-0.2, -0.15) is 0 Å². The highest BCUT2D eigenvalue weighted by molar-refractivity contribution is 5.96. The Kier molecular flexibility index (Phi) is 8.59. The summed E-state index contributed by atoms with van der Waals surface area (Å²) in [7, 11) is 4.28. The molecule has 158 valence electrons. The Hall–Kier alpha value is -3.63. The first-order valence-corrected chi connectivity index (χ1v) is 8.06. The van der Waals surface area contributed by atoms with Crippen LogP contribution >= 0.6 is 0 Å². The summed E-state index contributed by atoms with van der Waals surface area (Å²) in [6, 6.07) is -1.31. The van der Waals surface area contributed by atoms with E-state index in [-0.39, 0.29) is 0 Å². The van der Waals surface area contributed by atoms with Crippen LogP contribution in [0.25, 0.3) is 0 Å². The average Bonchev–Trinajstić information content (AvgIpc) is 2.72. The Labute approximate surface area is 166 Å². The standard InChI is InChI=1S/C18H21FN2O8/c1-26-14(22)9-11(16(24)28-3)20-13-7-5-6-8-18(13,19)21-12(17(25)29-4)10-15(23)27-2/h5-10,13,20-21H,1-4H3. The van der Waals surface area contributed by atoms with E-state index in [2.05, 4.69) is 29.6 Å². The molecule has 0 radical (unpaired) electrons. The van der Waals surface area contributed by atoms with Gasteiger partial charge in [-0.15, -0.1) is 0 Å². The number of hydrogen-bond acceptors (Lipinski definition) is 10. The summed E-state index contributed by atoms with van der Waals surface area (Å²) in [5.74, 6) is -6.33. The van der Waals surface area contributed by atoms with Crippen LogP contribution in [0.1, 0.15) is 0 Å². The molecule has 0 aliphatic heterocycles. The van der Waals surface area contributed by atoms with Crippen LogP contribution in [0.5, 0.6) is 0 Å². The van der Waals surface area contributed by atoms with E-state index in [1.165, 1.54) is 18.2 Å². The molecule has 0 bridgehead atoms. The first-order chi connectivity index (χ1) is 13.7. The van der Waals surface area contributed by atoms with Gasteiger partial charge in [0.15, 0.2) is 0 Å². The monoisotopic (exact) mass is 412 g/mol. The van der Waals surface area contributed by atoms with E-state index in [0.29, 0.717) is 6.08 Å². The minimum absolute atomic E-state index is 0.398. The molecule has 0 aromatic rings. The molecule has 1 aliphatic rings. The molecule has 0 saturated carbocycles. The molecule has 0 aromatic heterocycles. The van der Waals surface area contributed by atoms with Crippen molar-refractivity contribution >= 4 is 23.9 Å². The molecule has 0 amide bonds. The number of carbonyl (C=O) groups excluding carboxylic acids is 4. The molecule has 2 atom stereocenters. The number of allylic oxidation sites excluding steroid dienone is 2. The molecule has 0 heterocycles. The van der Waals surface area contributed by atoms with Crippen molar-refractivity contribution in [2.75, 3.05) is 28.4 Å². The Morgan fingerprint density at radius 2 is 1.38 bits per heavy atom. The zero-order valence-electron chi connectivity index (χ0n) is 16.2. The predicted molar refractivity (Wildman–Crippen MR) is 96.4 cm³/mol. The molecule has 29 heavy (non-hydrogen) atoms. The molecule has 0 spiro atoms. The van der Waals surface area contributed by atoms with Crippen molar-refractivity contribution in [1.29, 1.82) is 0 Å². The minimum atomic E-state index is -2.52. The smallest absolute Gasteiger partial charge is 0.354 e. The van der Waals surface area contributed by atoms with E-state index in [1.807, 2.05) is 0 Å². The summed E-state index contributed by atoms with van der Waals surface area (Å²) in [5.41, 5.74) is -0.935. The molecule has 0 saturated heterocycles. The van der Waals surface area contributed by atoms with Crippen LogP contribution in [-0.2, 0) is 38.1 Å². The fourth-order valence-corrected chi connectivity index (χ4v) is 2.14. The largest absolute Gasteiger partial charge is 0.466 e. The van der Waals surface area contributed by atoms with Crippen LogP contribution < -0.4 is 10.6 Å². The van der Waals surface area contributed by atoms with E-state index in [0.717, 1.165) is 40.6 Å². The van der Waals surface area contributed by atoms with Crippen LogP contribution in [0.15, 0.2) is 47.9 Å². The van der Waals surface area contributed by atoms with Crippen molar-refractivity contribution in [2.24, 2.45) is 0 Å². The molecular weight excluding hydrogens is 391 g/mol. The normalized spacial score (nSPS) is 21.1. The number of carbonyl (C=O) groups is 4. The molecule has 10 nitrogen and oxygen atoms in total. The SMILES string of the molecule is COC(=O)C=C(NC1C=CC=CC1(F)NC(=CC(=O)OC)C(=O)OC)C(=O)OC. The molecule has 2 N–H and O–H groups in total. The first-order valence-electron chi connectivity index (χ1n) is 8.06. The molecule has 0 aromatic carbocycles. The number of ether oxygens (including phenoxy) is 4. The molecule has 0 fully saturated rings. The maximum atomic E-state index is 15.7. The Morgan fingerprint density at radius 3 is 1.90 bits per heavy atom. The lowest BCUT2D eigenvalue weighted by Crippen LogP contribution is -2.56. The molecule has 2 unspecified atom stereocenters. The molecule has 11 heteroatoms. The number of hydrogen-bond donors (Lipinski definition) is 2. The lowest BCUT2D eigenvalue weighted by atomic mass is 9.99. The summed E-state index contributed by atoms with van der Waals surface area (Å²) < 4.78 is 33.7. The fourth-order valence-electron chi connectivity index (χ4n) is 2.14. The number of halogens is 1. The van der Waals surface area contributed by atoms with Crippen molar-refractivity contribution in [2.45, 2.75) is 11.8 Å². The minimum Gasteiger partial charge on any atom is -0.466 e. The summed E-state index contributed by atoms with van der Waals surface area (Å²) >= 11 is 0. The zero-order chi connectivity index (χ0) is 22.0. The second-order valence-electron chi connectivity index (χ2n) is 5.40. The van der Waals surface area contributed by atoms with Crippen LogP contribution in [-0.4, -0.2) is 64.2 Å². The van der Waals surface area contributed by atoms with Gasteiger partial charge in [-0.25, -0.2) is 23.6 Å². The Bertz CT molecular complexity index is 787. The summed E-state index contributed by atoms with van der Waals surface area (Å²) in [6.07, 6.45) is 6.64. The molecule has 1 rings (SSSR count). The fraction of sp³-hybridized carbons (Fsp3) is 0.333. The van der Waals surface area contributed by atoms with E-state index in [1.54, 1.807) is 0 Å². The lowest BCUT2D eigenvalue weighted by molar-refractivity contribution is -0.139. The second kappa shape index (κ2) is 10.6. The van der Waals surface area contributed by atoms with Crippen LogP contribution in [0.4, 0.5) is 4.39 Å². The van der Waals surface area contributed by atoms with Crippen LogP contribution in [0, 0.1) is 0 Å². The topological polar surface area (TPSA) is 129 Å². The van der Waals surface area contributed by atoms with E-state index < -0.39 is 47.1 Å². The van der Waals surface area contributed by atoms with Gasteiger partial charge in [0.05, 0.1) is 40.6 Å². The van der Waals surface area contributed by atoms with E-state index in [4.69, 9.17) is 0 Å². The zero-order valence-corrected chi connectivity index (χ0v) is 16.2. The third-order valence-corrected chi connectivity index (χ3v) is 3.58. The van der Waals surface area contributed by atoms with Gasteiger partial charge < -0.3 is 29.6 Å². The van der Waals surface area contributed by atoms with Crippen LogP contribution in [0.3, 0.4) is 0 Å². The first kappa shape index (κ1) is 23.4. The maximum absolute atomic E-state index is 15.7. The number of rotatable bonds is 8. The number of alkyl halides is 1. The number of esters is 4.